The van der Waals surface area contributed by atoms with Crippen LogP contribution in [0.5, 0.6) is 0 Å². The lowest BCUT2D eigenvalue weighted by Crippen LogP contribution is -2.27. The second-order valence-corrected chi connectivity index (χ2v) is 5.60. The lowest BCUT2D eigenvalue weighted by Gasteiger charge is -2.10. The van der Waals surface area contributed by atoms with E-state index in [0.717, 1.165) is 0 Å². The average Bonchev–Trinajstić information content (AvgIpc) is 3.03. The molecule has 0 fully saturated rings. The Kier molecular flexibility index (Phi) is 4.35. The third kappa shape index (κ3) is 2.90. The molecule has 2 aromatic heterocycles. The first kappa shape index (κ1) is 16.2. The molecule has 0 saturated heterocycles. The van der Waals surface area contributed by atoms with Crippen molar-refractivity contribution in [3.63, 3.8) is 0 Å². The number of hydrogen-bond donors (Lipinski definition) is 1. The molecule has 0 aliphatic heterocycles. The molecule has 24 heavy (non-hydrogen) atoms. The van der Waals surface area contributed by atoms with E-state index in [2.05, 4.69) is 15.5 Å². The zero-order valence-electron chi connectivity index (χ0n) is 13.3. The summed E-state index contributed by atoms with van der Waals surface area (Å²) in [5, 5.41) is 11.8. The maximum absolute atomic E-state index is 12.6. The monoisotopic (exact) mass is 345 g/mol. The molecule has 0 saturated carbocycles. The van der Waals surface area contributed by atoms with Gasteiger partial charge >= 0.3 is 0 Å². The van der Waals surface area contributed by atoms with Crippen molar-refractivity contribution in [2.45, 2.75) is 26.9 Å². The molecule has 0 spiro atoms. The van der Waals surface area contributed by atoms with Crippen molar-refractivity contribution in [1.82, 2.24) is 19.6 Å². The highest BCUT2D eigenvalue weighted by atomic mass is 35.5. The van der Waals surface area contributed by atoms with Crippen molar-refractivity contribution in [2.75, 3.05) is 5.32 Å². The molecule has 1 aromatic carbocycles. The van der Waals surface area contributed by atoms with Gasteiger partial charge in [0.05, 0.1) is 10.9 Å². The Morgan fingerprint density at radius 1 is 1.21 bits per heavy atom. The number of benzene rings is 1. The van der Waals surface area contributed by atoms with Crippen LogP contribution in [-0.4, -0.2) is 25.5 Å². The van der Waals surface area contributed by atoms with Gasteiger partial charge in [0.15, 0.2) is 11.5 Å². The zero-order valence-corrected chi connectivity index (χ0v) is 14.0. The summed E-state index contributed by atoms with van der Waals surface area (Å²) in [5.74, 6) is -0.220. The smallest absolute Gasteiger partial charge is 0.281 e. The molecule has 0 aliphatic rings. The molecule has 0 radical (unpaired) electrons. The Morgan fingerprint density at radius 2 is 2.00 bits per heavy atom. The van der Waals surface area contributed by atoms with E-state index in [-0.39, 0.29) is 5.69 Å². The average molecular weight is 346 g/mol. The van der Waals surface area contributed by atoms with Crippen LogP contribution in [0.25, 0.3) is 10.9 Å². The van der Waals surface area contributed by atoms with E-state index < -0.39 is 11.3 Å². The third-order valence-electron chi connectivity index (χ3n) is 3.64. The molecule has 1 N–H and O–H groups in total. The van der Waals surface area contributed by atoms with Crippen LogP contribution in [0.2, 0.25) is 5.02 Å². The number of fused-ring (bicyclic) bond motifs is 1. The Hall–Kier alpha value is -2.67. The summed E-state index contributed by atoms with van der Waals surface area (Å²) in [4.78, 5) is 25.1. The number of nitrogens with one attached hydrogen (secondary N) is 1. The number of hydrogen-bond acceptors (Lipinski definition) is 4. The molecule has 0 aliphatic carbocycles. The van der Waals surface area contributed by atoms with Crippen LogP contribution in [-0.2, 0) is 13.1 Å². The van der Waals surface area contributed by atoms with Crippen LogP contribution in [0.4, 0.5) is 5.82 Å². The van der Waals surface area contributed by atoms with Gasteiger partial charge in [0, 0.05) is 30.4 Å². The minimum absolute atomic E-state index is 0.183. The Bertz CT molecular complexity index is 976. The van der Waals surface area contributed by atoms with E-state index in [1.807, 2.05) is 13.8 Å². The fourth-order valence-electron chi connectivity index (χ4n) is 2.43. The minimum Gasteiger partial charge on any atom is -0.304 e. The molecule has 0 unspecified atom stereocenters. The fourth-order valence-corrected chi connectivity index (χ4v) is 2.60. The normalized spacial score (nSPS) is 11.0. The van der Waals surface area contributed by atoms with E-state index in [9.17, 15) is 9.59 Å². The van der Waals surface area contributed by atoms with Crippen LogP contribution in [0, 0.1) is 0 Å². The van der Waals surface area contributed by atoms with Gasteiger partial charge in [-0.25, -0.2) is 0 Å². The summed E-state index contributed by atoms with van der Waals surface area (Å²) in [6.07, 6.45) is 1.74. The number of nitrogens with zero attached hydrogens (tertiary/aromatic N) is 4. The predicted molar refractivity (Wildman–Crippen MR) is 92.5 cm³/mol. The third-order valence-corrected chi connectivity index (χ3v) is 3.87. The number of rotatable bonds is 4. The Morgan fingerprint density at radius 3 is 2.67 bits per heavy atom. The molecule has 1 amide bonds. The van der Waals surface area contributed by atoms with Crippen LogP contribution in [0.1, 0.15) is 24.3 Å². The SMILES string of the molecule is CCn1ccc(NC(=O)c2nn(CC)c3ccc(Cl)cc3c2=O)n1. The highest BCUT2D eigenvalue weighted by Gasteiger charge is 2.18. The molecule has 7 nitrogen and oxygen atoms in total. The van der Waals surface area contributed by atoms with Gasteiger partial charge in [-0.15, -0.1) is 0 Å². The van der Waals surface area contributed by atoms with Crippen molar-refractivity contribution < 1.29 is 4.79 Å². The molecular formula is C16H16ClN5O2. The highest BCUT2D eigenvalue weighted by molar-refractivity contribution is 6.31. The molecule has 3 rings (SSSR count). The maximum atomic E-state index is 12.6. The van der Waals surface area contributed by atoms with Crippen LogP contribution in [0.3, 0.4) is 0 Å². The van der Waals surface area contributed by atoms with Crippen molar-refractivity contribution in [2.24, 2.45) is 0 Å². The van der Waals surface area contributed by atoms with Gasteiger partial charge < -0.3 is 5.32 Å². The van der Waals surface area contributed by atoms with Gasteiger partial charge in [-0.2, -0.15) is 10.2 Å². The zero-order chi connectivity index (χ0) is 17.3. The summed E-state index contributed by atoms with van der Waals surface area (Å²) < 4.78 is 3.28. The molecular weight excluding hydrogens is 330 g/mol. The topological polar surface area (TPSA) is 81.8 Å². The number of aryl methyl sites for hydroxylation is 2. The van der Waals surface area contributed by atoms with Gasteiger partial charge in [0.2, 0.25) is 5.43 Å². The van der Waals surface area contributed by atoms with E-state index >= 15 is 0 Å². The second-order valence-electron chi connectivity index (χ2n) is 5.17. The number of carbonyl (C=O) groups is 1. The summed E-state index contributed by atoms with van der Waals surface area (Å²) in [7, 11) is 0. The molecule has 3 aromatic rings. The van der Waals surface area contributed by atoms with E-state index in [0.29, 0.717) is 34.8 Å². The summed E-state index contributed by atoms with van der Waals surface area (Å²) in [5.41, 5.74) is 0.000926. The standard InChI is InChI=1S/C16H16ClN5O2/c1-3-21-8-7-13(19-21)18-16(24)14-15(23)11-9-10(17)5-6-12(11)22(4-2)20-14/h5-9H,3-4H2,1-2H3,(H,18,19,24). The largest absolute Gasteiger partial charge is 0.304 e. The van der Waals surface area contributed by atoms with E-state index in [4.69, 9.17) is 11.6 Å². The predicted octanol–water partition coefficient (Wildman–Crippen LogP) is 2.54. The van der Waals surface area contributed by atoms with Gasteiger partial charge in [-0.1, -0.05) is 11.6 Å². The quantitative estimate of drug-likeness (QED) is 0.787. The van der Waals surface area contributed by atoms with Gasteiger partial charge in [-0.3, -0.25) is 19.0 Å². The fraction of sp³-hybridized carbons (Fsp3) is 0.250. The number of carbonyl (C=O) groups excluding carboxylic acids is 1. The first-order valence-corrected chi connectivity index (χ1v) is 7.96. The molecule has 2 heterocycles. The van der Waals surface area contributed by atoms with Crippen LogP contribution in [0.15, 0.2) is 35.3 Å². The summed E-state index contributed by atoms with van der Waals surface area (Å²) >= 11 is 5.98. The first-order chi connectivity index (χ1) is 11.5. The number of aromatic nitrogens is 4. The van der Waals surface area contributed by atoms with Gasteiger partial charge in [0.1, 0.15) is 0 Å². The van der Waals surface area contributed by atoms with Crippen LogP contribution >= 0.6 is 11.6 Å². The lowest BCUT2D eigenvalue weighted by molar-refractivity contribution is 0.101. The maximum Gasteiger partial charge on any atom is 0.281 e. The lowest BCUT2D eigenvalue weighted by atomic mass is 10.2. The number of halogens is 1. The molecule has 0 bridgehead atoms. The van der Waals surface area contributed by atoms with Crippen molar-refractivity contribution in [3.8, 4) is 0 Å². The van der Waals surface area contributed by atoms with Gasteiger partial charge in [-0.05, 0) is 32.0 Å². The number of amides is 1. The van der Waals surface area contributed by atoms with E-state index in [1.165, 1.54) is 0 Å². The minimum atomic E-state index is -0.592. The number of anilines is 1. The second kappa shape index (κ2) is 6.45. The van der Waals surface area contributed by atoms with E-state index in [1.54, 1.807) is 39.8 Å². The Labute approximate surface area is 142 Å². The molecule has 124 valence electrons. The summed E-state index contributed by atoms with van der Waals surface area (Å²) in [6.45, 7) is 5.03. The first-order valence-electron chi connectivity index (χ1n) is 7.58. The van der Waals surface area contributed by atoms with Crippen molar-refractivity contribution in [3.05, 3.63) is 51.4 Å². The summed E-state index contributed by atoms with van der Waals surface area (Å²) in [6, 6.07) is 6.63. The van der Waals surface area contributed by atoms with Gasteiger partial charge in [0.25, 0.3) is 5.91 Å². The van der Waals surface area contributed by atoms with Crippen molar-refractivity contribution >= 4 is 34.2 Å². The molecule has 8 heteroatoms. The Balaban J connectivity index is 2.06. The van der Waals surface area contributed by atoms with Crippen LogP contribution < -0.4 is 10.7 Å². The molecule has 0 atom stereocenters. The van der Waals surface area contributed by atoms with Crippen molar-refractivity contribution in [1.29, 1.82) is 0 Å². The highest BCUT2D eigenvalue weighted by Crippen LogP contribution is 2.16.